The number of rotatable bonds is 3. The molecule has 1 aromatic carbocycles. The van der Waals surface area contributed by atoms with Crippen LogP contribution in [0.5, 0.6) is 0 Å². The maximum Gasteiger partial charge on any atom is 0.257 e. The third-order valence-corrected chi connectivity index (χ3v) is 3.76. The highest BCUT2D eigenvalue weighted by atomic mass is 32.1. The summed E-state index contributed by atoms with van der Waals surface area (Å²) in [5.74, 6) is 1.06. The van der Waals surface area contributed by atoms with Crippen LogP contribution in [0, 0.1) is 0 Å². The summed E-state index contributed by atoms with van der Waals surface area (Å²) in [6.07, 6.45) is 0. The largest absolute Gasteiger partial charge is 0.418 e. The molecule has 0 radical (unpaired) electrons. The van der Waals surface area contributed by atoms with Crippen LogP contribution in [0.2, 0.25) is 0 Å². The van der Waals surface area contributed by atoms with Crippen molar-refractivity contribution in [2.75, 3.05) is 0 Å². The second-order valence-electron chi connectivity index (χ2n) is 4.21. The van der Waals surface area contributed by atoms with Crippen LogP contribution in [0.25, 0.3) is 21.8 Å². The summed E-state index contributed by atoms with van der Waals surface area (Å²) < 4.78 is 7.40. The summed E-state index contributed by atoms with van der Waals surface area (Å²) in [6, 6.07) is 11.7. The first-order chi connectivity index (χ1) is 9.90. The van der Waals surface area contributed by atoms with E-state index in [4.69, 9.17) is 4.42 Å². The normalized spacial score (nSPS) is 11.2. The van der Waals surface area contributed by atoms with Crippen LogP contribution >= 0.6 is 11.3 Å². The van der Waals surface area contributed by atoms with E-state index in [1.54, 1.807) is 16.0 Å². The van der Waals surface area contributed by atoms with Gasteiger partial charge in [0.2, 0.25) is 5.89 Å². The first-order valence-corrected chi connectivity index (χ1v) is 6.92. The molecule has 3 heterocycles. The summed E-state index contributed by atoms with van der Waals surface area (Å²) in [7, 11) is 0. The van der Waals surface area contributed by atoms with Gasteiger partial charge in [-0.1, -0.05) is 23.4 Å². The number of thiophene rings is 1. The molecule has 0 aliphatic carbocycles. The van der Waals surface area contributed by atoms with E-state index in [-0.39, 0.29) is 0 Å². The lowest BCUT2D eigenvalue weighted by atomic mass is 10.3. The smallest absolute Gasteiger partial charge is 0.257 e. The summed E-state index contributed by atoms with van der Waals surface area (Å²) >= 11 is 1.57. The van der Waals surface area contributed by atoms with Crippen LogP contribution in [0.15, 0.2) is 46.2 Å². The Morgan fingerprint density at radius 3 is 2.90 bits per heavy atom. The van der Waals surface area contributed by atoms with Gasteiger partial charge in [0, 0.05) is 0 Å². The van der Waals surface area contributed by atoms with Gasteiger partial charge in [-0.3, -0.25) is 0 Å². The van der Waals surface area contributed by atoms with Crippen LogP contribution in [0.4, 0.5) is 0 Å². The van der Waals surface area contributed by atoms with E-state index in [9.17, 15) is 0 Å². The van der Waals surface area contributed by atoms with Gasteiger partial charge in [0.1, 0.15) is 12.1 Å². The van der Waals surface area contributed by atoms with E-state index in [2.05, 4.69) is 20.5 Å². The van der Waals surface area contributed by atoms with Crippen LogP contribution in [-0.4, -0.2) is 25.2 Å². The quantitative estimate of drug-likeness (QED) is 0.578. The molecule has 0 saturated carbocycles. The Kier molecular flexibility index (Phi) is 2.56. The maximum absolute atomic E-state index is 5.65. The molecule has 20 heavy (non-hydrogen) atoms. The van der Waals surface area contributed by atoms with Gasteiger partial charge in [-0.05, 0) is 23.6 Å². The summed E-state index contributed by atoms with van der Waals surface area (Å²) in [5, 5.41) is 18.3. The first-order valence-electron chi connectivity index (χ1n) is 6.04. The SMILES string of the molecule is c1csc(-c2nnc(Cn3nnc4ccccc43)o2)c1. The Morgan fingerprint density at radius 1 is 1.05 bits per heavy atom. The minimum Gasteiger partial charge on any atom is -0.418 e. The minimum atomic E-state index is 0.416. The topological polar surface area (TPSA) is 69.6 Å². The minimum absolute atomic E-state index is 0.416. The van der Waals surface area contributed by atoms with Gasteiger partial charge < -0.3 is 4.42 Å². The number of hydrogen-bond donors (Lipinski definition) is 0. The fraction of sp³-hybridized carbons (Fsp3) is 0.0769. The third kappa shape index (κ3) is 1.88. The van der Waals surface area contributed by atoms with E-state index in [1.165, 1.54) is 0 Å². The van der Waals surface area contributed by atoms with Gasteiger partial charge in [-0.15, -0.1) is 26.6 Å². The fourth-order valence-electron chi connectivity index (χ4n) is 1.98. The van der Waals surface area contributed by atoms with E-state index < -0.39 is 0 Å². The van der Waals surface area contributed by atoms with E-state index in [0.717, 1.165) is 15.9 Å². The summed E-state index contributed by atoms with van der Waals surface area (Å²) in [4.78, 5) is 0.965. The van der Waals surface area contributed by atoms with E-state index in [0.29, 0.717) is 18.3 Å². The average molecular weight is 283 g/mol. The second-order valence-corrected chi connectivity index (χ2v) is 5.16. The predicted octanol–water partition coefficient (Wildman–Crippen LogP) is 2.59. The van der Waals surface area contributed by atoms with Crippen LogP contribution in [-0.2, 0) is 6.54 Å². The van der Waals surface area contributed by atoms with Gasteiger partial charge in [-0.2, -0.15) is 0 Å². The van der Waals surface area contributed by atoms with Crippen molar-refractivity contribution >= 4 is 22.4 Å². The van der Waals surface area contributed by atoms with Crippen LogP contribution in [0.1, 0.15) is 5.89 Å². The molecule has 4 rings (SSSR count). The average Bonchev–Trinajstić information content (AvgIpc) is 3.19. The molecule has 0 aliphatic heterocycles. The van der Waals surface area contributed by atoms with Gasteiger partial charge >= 0.3 is 0 Å². The Hall–Kier alpha value is -2.54. The van der Waals surface area contributed by atoms with Gasteiger partial charge in [-0.25, -0.2) is 4.68 Å². The lowest BCUT2D eigenvalue weighted by molar-refractivity contribution is 0.474. The zero-order chi connectivity index (χ0) is 13.4. The second kappa shape index (κ2) is 4.53. The highest BCUT2D eigenvalue weighted by Crippen LogP contribution is 2.23. The number of aromatic nitrogens is 5. The van der Waals surface area contributed by atoms with Gasteiger partial charge in [0.25, 0.3) is 5.89 Å². The number of nitrogens with zero attached hydrogens (tertiary/aromatic N) is 5. The van der Waals surface area contributed by atoms with E-state index in [1.807, 2.05) is 41.8 Å². The molecule has 98 valence electrons. The van der Waals surface area contributed by atoms with Crippen molar-refractivity contribution in [3.8, 4) is 10.8 Å². The third-order valence-electron chi connectivity index (χ3n) is 2.90. The molecule has 0 amide bonds. The number of fused-ring (bicyclic) bond motifs is 1. The highest BCUT2D eigenvalue weighted by molar-refractivity contribution is 7.13. The van der Waals surface area contributed by atoms with Crippen molar-refractivity contribution in [2.45, 2.75) is 6.54 Å². The molecular formula is C13H9N5OS. The van der Waals surface area contributed by atoms with Crippen molar-refractivity contribution < 1.29 is 4.42 Å². The zero-order valence-electron chi connectivity index (χ0n) is 10.3. The summed E-state index contributed by atoms with van der Waals surface area (Å²) in [6.45, 7) is 0.416. The molecule has 0 unspecified atom stereocenters. The Labute approximate surface area is 117 Å². The Balaban J connectivity index is 1.66. The first kappa shape index (κ1) is 11.3. The highest BCUT2D eigenvalue weighted by Gasteiger charge is 2.11. The Morgan fingerprint density at radius 2 is 2.00 bits per heavy atom. The van der Waals surface area contributed by atoms with Crippen molar-refractivity contribution in [3.63, 3.8) is 0 Å². The zero-order valence-corrected chi connectivity index (χ0v) is 11.1. The molecule has 3 aromatic heterocycles. The molecule has 7 heteroatoms. The predicted molar refractivity (Wildman–Crippen MR) is 74.2 cm³/mol. The maximum atomic E-state index is 5.65. The molecule has 6 nitrogen and oxygen atoms in total. The fourth-order valence-corrected chi connectivity index (χ4v) is 2.62. The van der Waals surface area contributed by atoms with E-state index >= 15 is 0 Å². The molecule has 0 bridgehead atoms. The molecule has 0 N–H and O–H groups in total. The van der Waals surface area contributed by atoms with Crippen molar-refractivity contribution in [1.82, 2.24) is 25.2 Å². The number of benzene rings is 1. The lowest BCUT2D eigenvalue weighted by Gasteiger charge is -1.96. The monoisotopic (exact) mass is 283 g/mol. The van der Waals surface area contributed by atoms with Gasteiger partial charge in [0.05, 0.1) is 10.4 Å². The Bertz CT molecular complexity index is 849. The van der Waals surface area contributed by atoms with Gasteiger partial charge in [0.15, 0.2) is 0 Å². The lowest BCUT2D eigenvalue weighted by Crippen LogP contribution is -2.02. The molecule has 4 aromatic rings. The molecule has 0 saturated heterocycles. The molecule has 0 spiro atoms. The van der Waals surface area contributed by atoms with Crippen molar-refractivity contribution in [3.05, 3.63) is 47.7 Å². The van der Waals surface area contributed by atoms with Crippen molar-refractivity contribution in [1.29, 1.82) is 0 Å². The molecule has 0 atom stereocenters. The number of para-hydroxylation sites is 1. The van der Waals surface area contributed by atoms with Crippen molar-refractivity contribution in [2.24, 2.45) is 0 Å². The molecule has 0 fully saturated rings. The molecular weight excluding hydrogens is 274 g/mol. The van der Waals surface area contributed by atoms with Crippen LogP contribution < -0.4 is 0 Å². The summed E-state index contributed by atoms with van der Waals surface area (Å²) in [5.41, 5.74) is 1.80. The number of hydrogen-bond acceptors (Lipinski definition) is 6. The standard InChI is InChI=1S/C13H9N5OS/c1-2-5-10-9(4-1)14-17-18(10)8-12-15-16-13(19-12)11-6-3-7-20-11/h1-7H,8H2. The van der Waals surface area contributed by atoms with Crippen LogP contribution in [0.3, 0.4) is 0 Å². The molecule has 0 aliphatic rings.